The lowest BCUT2D eigenvalue weighted by Crippen LogP contribution is -2.37. The number of aryl methyl sites for hydroxylation is 1. The highest BCUT2D eigenvalue weighted by molar-refractivity contribution is 5.84. The normalized spacial score (nSPS) is 15.6. The zero-order valence-corrected chi connectivity index (χ0v) is 17.2. The van der Waals surface area contributed by atoms with Gasteiger partial charge in [-0.2, -0.15) is 0 Å². The number of aromatic amines is 1. The molecular weight excluding hydrogens is 389 g/mol. The van der Waals surface area contributed by atoms with Crippen molar-refractivity contribution in [3.8, 4) is 0 Å². The molecule has 0 saturated carbocycles. The number of fused-ring (bicyclic) bond motifs is 2. The molecule has 4 aromatic rings. The van der Waals surface area contributed by atoms with Crippen LogP contribution >= 0.6 is 0 Å². The van der Waals surface area contributed by atoms with Crippen LogP contribution in [0.5, 0.6) is 0 Å². The van der Waals surface area contributed by atoms with Gasteiger partial charge in [-0.25, -0.2) is 4.39 Å². The van der Waals surface area contributed by atoms with Crippen molar-refractivity contribution in [2.75, 3.05) is 0 Å². The van der Waals surface area contributed by atoms with Crippen molar-refractivity contribution in [3.63, 3.8) is 0 Å². The van der Waals surface area contributed by atoms with Crippen LogP contribution in [0.25, 0.3) is 10.9 Å². The molecule has 0 bridgehead atoms. The first-order chi connectivity index (χ1) is 15.2. The first-order valence-corrected chi connectivity index (χ1v) is 10.7. The third kappa shape index (κ3) is 4.08. The van der Waals surface area contributed by atoms with Crippen LogP contribution in [0, 0.1) is 11.7 Å². The van der Waals surface area contributed by atoms with Gasteiger partial charge in [-0.15, -0.1) is 0 Å². The summed E-state index contributed by atoms with van der Waals surface area (Å²) in [6.45, 7) is 0.905. The Balaban J connectivity index is 1.44. The van der Waals surface area contributed by atoms with E-state index in [9.17, 15) is 9.18 Å². The summed E-state index contributed by atoms with van der Waals surface area (Å²) in [7, 11) is 0. The summed E-state index contributed by atoms with van der Waals surface area (Å²) >= 11 is 0. The SMILES string of the molecule is O=C([C@H]1CCc2ccccc2C1)N(Cc1cccnc1)Cc1c[nH]c2ccc(F)cc12. The van der Waals surface area contributed by atoms with Crippen LogP contribution in [-0.4, -0.2) is 20.8 Å². The van der Waals surface area contributed by atoms with E-state index in [1.54, 1.807) is 18.5 Å². The Labute approximate surface area is 180 Å². The van der Waals surface area contributed by atoms with E-state index < -0.39 is 0 Å². The van der Waals surface area contributed by atoms with E-state index in [4.69, 9.17) is 0 Å². The van der Waals surface area contributed by atoms with Crippen LogP contribution in [0.1, 0.15) is 28.7 Å². The molecule has 4 nitrogen and oxygen atoms in total. The van der Waals surface area contributed by atoms with Gasteiger partial charge in [-0.3, -0.25) is 9.78 Å². The zero-order valence-electron chi connectivity index (χ0n) is 17.2. The fourth-order valence-corrected chi connectivity index (χ4v) is 4.58. The van der Waals surface area contributed by atoms with Gasteiger partial charge in [0.15, 0.2) is 0 Å². The van der Waals surface area contributed by atoms with Crippen LogP contribution in [0.2, 0.25) is 0 Å². The number of nitrogens with zero attached hydrogens (tertiary/aromatic N) is 2. The smallest absolute Gasteiger partial charge is 0.226 e. The second-order valence-corrected chi connectivity index (χ2v) is 8.27. The largest absolute Gasteiger partial charge is 0.361 e. The average Bonchev–Trinajstić information content (AvgIpc) is 3.20. The van der Waals surface area contributed by atoms with Crippen LogP contribution < -0.4 is 0 Å². The number of carbonyl (C=O) groups is 1. The number of amides is 1. The van der Waals surface area contributed by atoms with E-state index in [0.29, 0.717) is 13.1 Å². The number of aromatic nitrogens is 2. The van der Waals surface area contributed by atoms with Crippen LogP contribution in [0.3, 0.4) is 0 Å². The Hall–Kier alpha value is -3.47. The molecule has 1 N–H and O–H groups in total. The molecule has 2 aromatic carbocycles. The molecule has 31 heavy (non-hydrogen) atoms. The van der Waals surface area contributed by atoms with Gasteiger partial charge < -0.3 is 9.88 Å². The molecule has 1 aliphatic rings. The third-order valence-electron chi connectivity index (χ3n) is 6.19. The van der Waals surface area contributed by atoms with Crippen LogP contribution in [-0.2, 0) is 30.7 Å². The van der Waals surface area contributed by atoms with Gasteiger partial charge in [0, 0.05) is 48.5 Å². The number of hydrogen-bond donors (Lipinski definition) is 1. The molecule has 2 heterocycles. The van der Waals surface area contributed by atoms with E-state index in [2.05, 4.69) is 28.2 Å². The summed E-state index contributed by atoms with van der Waals surface area (Å²) in [6.07, 6.45) is 7.94. The predicted molar refractivity (Wildman–Crippen MR) is 119 cm³/mol. The Morgan fingerprint density at radius 2 is 1.97 bits per heavy atom. The number of benzene rings is 2. The Bertz CT molecular complexity index is 1220. The highest BCUT2D eigenvalue weighted by Crippen LogP contribution is 2.29. The van der Waals surface area contributed by atoms with Crippen molar-refractivity contribution in [2.24, 2.45) is 5.92 Å². The molecule has 1 aliphatic carbocycles. The molecule has 5 rings (SSSR count). The summed E-state index contributed by atoms with van der Waals surface area (Å²) in [5.74, 6) is -0.181. The first-order valence-electron chi connectivity index (χ1n) is 10.7. The molecule has 0 aliphatic heterocycles. The molecule has 156 valence electrons. The third-order valence-corrected chi connectivity index (χ3v) is 6.19. The lowest BCUT2D eigenvalue weighted by atomic mass is 9.83. The van der Waals surface area contributed by atoms with Crippen molar-refractivity contribution in [2.45, 2.75) is 32.4 Å². The number of pyridine rings is 1. The van der Waals surface area contributed by atoms with Crippen molar-refractivity contribution >= 4 is 16.8 Å². The van der Waals surface area contributed by atoms with E-state index in [1.165, 1.54) is 23.3 Å². The van der Waals surface area contributed by atoms with Gasteiger partial charge in [0.2, 0.25) is 5.91 Å². The fraction of sp³-hybridized carbons (Fsp3) is 0.231. The summed E-state index contributed by atoms with van der Waals surface area (Å²) in [5, 5.41) is 0.818. The Kier molecular flexibility index (Phi) is 5.24. The van der Waals surface area contributed by atoms with Gasteiger partial charge in [-0.1, -0.05) is 30.3 Å². The molecule has 0 unspecified atom stereocenters. The monoisotopic (exact) mass is 413 g/mol. The maximum Gasteiger partial charge on any atom is 0.226 e. The van der Waals surface area contributed by atoms with Crippen LogP contribution in [0.4, 0.5) is 4.39 Å². The zero-order chi connectivity index (χ0) is 21.2. The van der Waals surface area contributed by atoms with E-state index in [1.807, 2.05) is 29.3 Å². The topological polar surface area (TPSA) is 49.0 Å². The highest BCUT2D eigenvalue weighted by Gasteiger charge is 2.29. The quantitative estimate of drug-likeness (QED) is 0.499. The van der Waals surface area contributed by atoms with Crippen molar-refractivity contribution in [1.29, 1.82) is 0 Å². The second kappa shape index (κ2) is 8.34. The number of nitrogens with one attached hydrogen (secondary N) is 1. The first kappa shape index (κ1) is 19.5. The molecule has 2 aromatic heterocycles. The number of carbonyl (C=O) groups excluding carboxylic acids is 1. The minimum absolute atomic E-state index is 0.0477. The maximum absolute atomic E-state index is 13.9. The fourth-order valence-electron chi connectivity index (χ4n) is 4.58. The van der Waals surface area contributed by atoms with E-state index >= 15 is 0 Å². The Morgan fingerprint density at radius 1 is 1.10 bits per heavy atom. The number of H-pyrrole nitrogens is 1. The highest BCUT2D eigenvalue weighted by atomic mass is 19.1. The summed E-state index contributed by atoms with van der Waals surface area (Å²) in [6, 6.07) is 17.0. The number of hydrogen-bond acceptors (Lipinski definition) is 2. The molecule has 0 spiro atoms. The summed E-state index contributed by atoms with van der Waals surface area (Å²) < 4.78 is 13.9. The second-order valence-electron chi connectivity index (χ2n) is 8.27. The molecule has 0 fully saturated rings. The standard InChI is InChI=1S/C26H24FN3O/c27-23-9-10-25-24(13-23)22(15-29-25)17-30(16-18-4-3-11-28-14-18)26(31)21-8-7-19-5-1-2-6-20(19)12-21/h1-6,9-11,13-15,21,29H,7-8,12,16-17H2/t21-/m0/s1. The molecule has 5 heteroatoms. The maximum atomic E-state index is 13.9. The Morgan fingerprint density at radius 3 is 2.81 bits per heavy atom. The number of halogens is 1. The predicted octanol–water partition coefficient (Wildman–Crippen LogP) is 5.04. The van der Waals surface area contributed by atoms with E-state index in [0.717, 1.165) is 41.3 Å². The van der Waals surface area contributed by atoms with Crippen molar-refractivity contribution in [1.82, 2.24) is 14.9 Å². The van der Waals surface area contributed by atoms with Gasteiger partial charge >= 0.3 is 0 Å². The van der Waals surface area contributed by atoms with Gasteiger partial charge in [0.1, 0.15) is 5.82 Å². The average molecular weight is 413 g/mol. The van der Waals surface area contributed by atoms with Gasteiger partial charge in [0.25, 0.3) is 0 Å². The summed E-state index contributed by atoms with van der Waals surface area (Å²) in [5.41, 5.74) is 5.39. The molecule has 1 amide bonds. The van der Waals surface area contributed by atoms with E-state index in [-0.39, 0.29) is 17.6 Å². The molecule has 1 atom stereocenters. The summed E-state index contributed by atoms with van der Waals surface area (Å²) in [4.78, 5) is 23.0. The molecular formula is C26H24FN3O. The molecule has 0 saturated heterocycles. The minimum Gasteiger partial charge on any atom is -0.361 e. The van der Waals surface area contributed by atoms with Gasteiger partial charge in [0.05, 0.1) is 0 Å². The van der Waals surface area contributed by atoms with Crippen molar-refractivity contribution < 1.29 is 9.18 Å². The lowest BCUT2D eigenvalue weighted by molar-refractivity contribution is -0.137. The van der Waals surface area contributed by atoms with Crippen LogP contribution in [0.15, 0.2) is 73.2 Å². The van der Waals surface area contributed by atoms with Gasteiger partial charge in [-0.05, 0) is 65.8 Å². The minimum atomic E-state index is -0.276. The molecule has 0 radical (unpaired) electrons. The number of rotatable bonds is 5. The lowest BCUT2D eigenvalue weighted by Gasteiger charge is -2.30. The van der Waals surface area contributed by atoms with Crippen molar-refractivity contribution in [3.05, 3.63) is 101 Å².